The van der Waals surface area contributed by atoms with Gasteiger partial charge >= 0.3 is 6.18 Å². The second-order valence-electron chi connectivity index (χ2n) is 2.33. The summed E-state index contributed by atoms with van der Waals surface area (Å²) in [6.45, 7) is 0. The SMILES string of the molecule is O=C=Nc1cccc(F)c1C(F)(F)F. The summed E-state index contributed by atoms with van der Waals surface area (Å²) in [5, 5.41) is 0. The predicted octanol–water partition coefficient (Wildman–Crippen LogP) is 2.81. The Morgan fingerprint density at radius 3 is 2.43 bits per heavy atom. The third-order valence-corrected chi connectivity index (χ3v) is 1.44. The highest BCUT2D eigenvalue weighted by molar-refractivity contribution is 5.55. The molecule has 0 heterocycles. The topological polar surface area (TPSA) is 29.4 Å². The molecule has 0 N–H and O–H groups in total. The number of nitrogens with zero attached hydrogens (tertiary/aromatic N) is 1. The largest absolute Gasteiger partial charge is 0.421 e. The molecular formula is C8H3F4NO. The van der Waals surface area contributed by atoms with Gasteiger partial charge in [-0.2, -0.15) is 18.2 Å². The van der Waals surface area contributed by atoms with Crippen molar-refractivity contribution in [2.45, 2.75) is 6.18 Å². The van der Waals surface area contributed by atoms with E-state index in [2.05, 4.69) is 4.99 Å². The molecule has 0 fully saturated rings. The Labute approximate surface area is 75.9 Å². The van der Waals surface area contributed by atoms with Crippen molar-refractivity contribution in [1.82, 2.24) is 0 Å². The van der Waals surface area contributed by atoms with Crippen molar-refractivity contribution >= 4 is 11.8 Å². The summed E-state index contributed by atoms with van der Waals surface area (Å²) >= 11 is 0. The van der Waals surface area contributed by atoms with E-state index < -0.39 is 23.2 Å². The molecule has 1 aromatic rings. The van der Waals surface area contributed by atoms with Crippen molar-refractivity contribution < 1.29 is 22.4 Å². The Morgan fingerprint density at radius 2 is 1.93 bits per heavy atom. The van der Waals surface area contributed by atoms with Gasteiger partial charge in [0, 0.05) is 0 Å². The zero-order valence-corrected chi connectivity index (χ0v) is 6.60. The molecule has 74 valence electrons. The lowest BCUT2D eigenvalue weighted by molar-refractivity contribution is -0.139. The highest BCUT2D eigenvalue weighted by Crippen LogP contribution is 2.37. The molecular weight excluding hydrogens is 202 g/mol. The van der Waals surface area contributed by atoms with Crippen molar-refractivity contribution in [2.75, 3.05) is 0 Å². The van der Waals surface area contributed by atoms with Crippen LogP contribution in [0.3, 0.4) is 0 Å². The number of isocyanates is 1. The van der Waals surface area contributed by atoms with Crippen molar-refractivity contribution in [3.05, 3.63) is 29.6 Å². The minimum atomic E-state index is -4.87. The monoisotopic (exact) mass is 205 g/mol. The number of rotatable bonds is 1. The number of halogens is 4. The molecule has 0 atom stereocenters. The highest BCUT2D eigenvalue weighted by Gasteiger charge is 2.36. The van der Waals surface area contributed by atoms with Gasteiger partial charge in [0.1, 0.15) is 11.4 Å². The summed E-state index contributed by atoms with van der Waals surface area (Å²) in [6.07, 6.45) is -3.94. The molecule has 1 aromatic carbocycles. The quantitative estimate of drug-likeness (QED) is 0.393. The Kier molecular flexibility index (Phi) is 2.67. The number of benzene rings is 1. The van der Waals surface area contributed by atoms with Gasteiger partial charge in [-0.05, 0) is 12.1 Å². The van der Waals surface area contributed by atoms with Crippen LogP contribution in [0.25, 0.3) is 0 Å². The molecule has 0 aliphatic rings. The van der Waals surface area contributed by atoms with Gasteiger partial charge in [0.15, 0.2) is 0 Å². The molecule has 0 amide bonds. The third-order valence-electron chi connectivity index (χ3n) is 1.44. The fraction of sp³-hybridized carbons (Fsp3) is 0.125. The fourth-order valence-electron chi connectivity index (χ4n) is 0.936. The normalized spacial score (nSPS) is 10.9. The highest BCUT2D eigenvalue weighted by atomic mass is 19.4. The first kappa shape index (κ1) is 10.4. The van der Waals surface area contributed by atoms with Gasteiger partial charge in [0.05, 0.1) is 5.69 Å². The maximum absolute atomic E-state index is 12.8. The molecule has 1 rings (SSSR count). The summed E-state index contributed by atoms with van der Waals surface area (Å²) in [4.78, 5) is 12.6. The van der Waals surface area contributed by atoms with Gasteiger partial charge < -0.3 is 0 Å². The first-order valence-corrected chi connectivity index (χ1v) is 3.40. The smallest absolute Gasteiger partial charge is 0.211 e. The average molecular weight is 205 g/mol. The average Bonchev–Trinajstić information content (AvgIpc) is 2.02. The zero-order valence-electron chi connectivity index (χ0n) is 6.60. The predicted molar refractivity (Wildman–Crippen MR) is 39.2 cm³/mol. The Morgan fingerprint density at radius 1 is 1.29 bits per heavy atom. The molecule has 0 saturated heterocycles. The van der Waals surface area contributed by atoms with Gasteiger partial charge in [0.25, 0.3) is 0 Å². The summed E-state index contributed by atoms with van der Waals surface area (Å²) in [6, 6.07) is 2.56. The second kappa shape index (κ2) is 3.59. The molecule has 0 aliphatic carbocycles. The Bertz CT molecular complexity index is 393. The number of alkyl halides is 3. The lowest BCUT2D eigenvalue weighted by Crippen LogP contribution is -2.08. The van der Waals surface area contributed by atoms with E-state index in [1.54, 1.807) is 0 Å². The van der Waals surface area contributed by atoms with E-state index in [9.17, 15) is 22.4 Å². The van der Waals surface area contributed by atoms with Crippen LogP contribution in [0.1, 0.15) is 5.56 Å². The summed E-state index contributed by atoms with van der Waals surface area (Å²) in [5.41, 5.74) is -2.32. The molecule has 0 aromatic heterocycles. The summed E-state index contributed by atoms with van der Waals surface area (Å²) in [5.74, 6) is -1.46. The van der Waals surface area contributed by atoms with Gasteiger partial charge in [-0.3, -0.25) is 0 Å². The van der Waals surface area contributed by atoms with Crippen LogP contribution >= 0.6 is 0 Å². The van der Waals surface area contributed by atoms with Crippen molar-refractivity contribution in [1.29, 1.82) is 0 Å². The van der Waals surface area contributed by atoms with Gasteiger partial charge in [-0.25, -0.2) is 9.18 Å². The molecule has 0 saturated carbocycles. The molecule has 14 heavy (non-hydrogen) atoms. The molecule has 2 nitrogen and oxygen atoms in total. The number of carbonyl (C=O) groups excluding carboxylic acids is 1. The minimum Gasteiger partial charge on any atom is -0.211 e. The molecule has 0 bridgehead atoms. The first-order valence-electron chi connectivity index (χ1n) is 3.40. The van der Waals surface area contributed by atoms with Crippen LogP contribution < -0.4 is 0 Å². The van der Waals surface area contributed by atoms with Gasteiger partial charge in [-0.15, -0.1) is 0 Å². The molecule has 6 heteroatoms. The third kappa shape index (κ3) is 1.97. The Hall–Kier alpha value is -1.68. The first-order chi connectivity index (χ1) is 6.46. The van der Waals surface area contributed by atoms with E-state index in [0.717, 1.165) is 18.2 Å². The molecule has 0 spiro atoms. The van der Waals surface area contributed by atoms with Crippen molar-refractivity contribution in [2.24, 2.45) is 4.99 Å². The number of aliphatic imine (C=N–C) groups is 1. The standard InChI is InChI=1S/C8H3F4NO/c9-5-2-1-3-6(13-4-14)7(5)8(10,11)12/h1-3H. The van der Waals surface area contributed by atoms with E-state index in [-0.39, 0.29) is 0 Å². The van der Waals surface area contributed by atoms with Gasteiger partial charge in [-0.1, -0.05) is 6.07 Å². The maximum atomic E-state index is 12.8. The van der Waals surface area contributed by atoms with E-state index in [0.29, 0.717) is 6.07 Å². The van der Waals surface area contributed by atoms with Crippen molar-refractivity contribution in [3.8, 4) is 0 Å². The lowest BCUT2D eigenvalue weighted by atomic mass is 10.1. The van der Waals surface area contributed by atoms with E-state index >= 15 is 0 Å². The van der Waals surface area contributed by atoms with Crippen LogP contribution in [-0.4, -0.2) is 6.08 Å². The lowest BCUT2D eigenvalue weighted by Gasteiger charge is -2.09. The Balaban J connectivity index is 3.44. The molecule has 0 radical (unpaired) electrons. The van der Waals surface area contributed by atoms with Crippen LogP contribution in [0.15, 0.2) is 23.2 Å². The van der Waals surface area contributed by atoms with Crippen LogP contribution in [-0.2, 0) is 11.0 Å². The van der Waals surface area contributed by atoms with Gasteiger partial charge in [0.2, 0.25) is 6.08 Å². The second-order valence-corrected chi connectivity index (χ2v) is 2.33. The molecule has 0 aliphatic heterocycles. The zero-order chi connectivity index (χ0) is 10.8. The summed E-state index contributed by atoms with van der Waals surface area (Å²) < 4.78 is 49.4. The van der Waals surface area contributed by atoms with E-state index in [4.69, 9.17) is 0 Å². The number of hydrogen-bond donors (Lipinski definition) is 0. The maximum Gasteiger partial charge on any atom is 0.421 e. The number of hydrogen-bond acceptors (Lipinski definition) is 2. The van der Waals surface area contributed by atoms with Crippen LogP contribution in [0.4, 0.5) is 23.2 Å². The summed E-state index contributed by atoms with van der Waals surface area (Å²) in [7, 11) is 0. The van der Waals surface area contributed by atoms with E-state index in [1.165, 1.54) is 0 Å². The van der Waals surface area contributed by atoms with Crippen molar-refractivity contribution in [3.63, 3.8) is 0 Å². The van der Waals surface area contributed by atoms with Crippen LogP contribution in [0, 0.1) is 5.82 Å². The fourth-order valence-corrected chi connectivity index (χ4v) is 0.936. The molecule has 0 unspecified atom stereocenters. The van der Waals surface area contributed by atoms with E-state index in [1.807, 2.05) is 0 Å². The minimum absolute atomic E-state index is 0.645. The van der Waals surface area contributed by atoms with Crippen LogP contribution in [0.2, 0.25) is 0 Å². The van der Waals surface area contributed by atoms with Crippen LogP contribution in [0.5, 0.6) is 0 Å².